The van der Waals surface area contributed by atoms with Gasteiger partial charge in [-0.2, -0.15) is 0 Å². The van der Waals surface area contributed by atoms with E-state index in [1.165, 1.54) is 4.90 Å². The Morgan fingerprint density at radius 1 is 1.44 bits per heavy atom. The van der Waals surface area contributed by atoms with Crippen molar-refractivity contribution in [3.05, 3.63) is 29.8 Å². The monoisotopic (exact) mass is 239 g/mol. The van der Waals surface area contributed by atoms with E-state index in [1.54, 1.807) is 11.8 Å². The molecule has 0 fully saturated rings. The summed E-state index contributed by atoms with van der Waals surface area (Å²) >= 11 is 1.78. The van der Waals surface area contributed by atoms with Crippen molar-refractivity contribution in [1.29, 1.82) is 0 Å². The number of carbonyl (C=O) groups excluding carboxylic acids is 1. The van der Waals surface area contributed by atoms with E-state index in [9.17, 15) is 4.79 Å². The van der Waals surface area contributed by atoms with E-state index in [4.69, 9.17) is 11.6 Å². The molecule has 0 aliphatic heterocycles. The normalized spacial score (nSPS) is 12.2. The Kier molecular flexibility index (Phi) is 5.31. The van der Waals surface area contributed by atoms with Crippen LogP contribution in [0.25, 0.3) is 0 Å². The first-order chi connectivity index (χ1) is 7.67. The molecule has 0 saturated carbocycles. The first-order valence-corrected chi connectivity index (χ1v) is 6.13. The van der Waals surface area contributed by atoms with Gasteiger partial charge < -0.3 is 5.73 Å². The van der Waals surface area contributed by atoms with E-state index < -0.39 is 6.04 Å². The summed E-state index contributed by atoms with van der Waals surface area (Å²) in [5.74, 6) is 5.72. The Labute approximate surface area is 99.7 Å². The fraction of sp³-hybridized carbons (Fsp3) is 0.364. The Morgan fingerprint density at radius 3 is 2.56 bits per heavy atom. The molecule has 0 aromatic heterocycles. The Morgan fingerprint density at radius 2 is 2.06 bits per heavy atom. The average molecular weight is 239 g/mol. The molecule has 4 nitrogen and oxygen atoms in total. The number of hydrazine groups is 1. The summed E-state index contributed by atoms with van der Waals surface area (Å²) in [5.41, 5.74) is 8.75. The molecule has 88 valence electrons. The lowest BCUT2D eigenvalue weighted by atomic mass is 10.1. The Hall–Kier alpha value is -1.04. The smallest absolute Gasteiger partial charge is 0.251 e. The van der Waals surface area contributed by atoms with Crippen LogP contribution in [0.4, 0.5) is 0 Å². The maximum Gasteiger partial charge on any atom is 0.251 e. The van der Waals surface area contributed by atoms with Crippen LogP contribution in [-0.2, 0) is 11.2 Å². The van der Waals surface area contributed by atoms with Gasteiger partial charge in [-0.3, -0.25) is 10.2 Å². The minimum Gasteiger partial charge on any atom is -0.320 e. The van der Waals surface area contributed by atoms with Gasteiger partial charge in [0.2, 0.25) is 0 Å². The molecule has 5 heteroatoms. The molecule has 0 aliphatic rings. The zero-order valence-corrected chi connectivity index (χ0v) is 10.1. The van der Waals surface area contributed by atoms with Crippen LogP contribution in [0.15, 0.2) is 29.2 Å². The van der Waals surface area contributed by atoms with Gasteiger partial charge >= 0.3 is 0 Å². The van der Waals surface area contributed by atoms with Crippen LogP contribution >= 0.6 is 11.8 Å². The van der Waals surface area contributed by atoms with Crippen molar-refractivity contribution in [3.63, 3.8) is 0 Å². The molecule has 0 bridgehead atoms. The third-order valence-corrected chi connectivity index (χ3v) is 3.06. The quantitative estimate of drug-likeness (QED) is 0.305. The van der Waals surface area contributed by atoms with Crippen molar-refractivity contribution >= 4 is 17.7 Å². The number of rotatable bonds is 5. The molecule has 0 heterocycles. The SMILES string of the molecule is CCSc1ccc(CC(N)C(=O)NN)cc1. The molecule has 0 saturated heterocycles. The summed E-state index contributed by atoms with van der Waals surface area (Å²) in [6, 6.07) is 7.46. The summed E-state index contributed by atoms with van der Waals surface area (Å²) in [7, 11) is 0. The predicted octanol–water partition coefficient (Wildman–Crippen LogP) is 0.658. The number of benzene rings is 1. The third kappa shape index (κ3) is 3.84. The largest absolute Gasteiger partial charge is 0.320 e. The number of hydrogen-bond acceptors (Lipinski definition) is 4. The van der Waals surface area contributed by atoms with Gasteiger partial charge in [-0.1, -0.05) is 19.1 Å². The van der Waals surface area contributed by atoms with E-state index in [0.717, 1.165) is 11.3 Å². The van der Waals surface area contributed by atoms with Crippen LogP contribution in [0.3, 0.4) is 0 Å². The predicted molar refractivity (Wildman–Crippen MR) is 66.8 cm³/mol. The number of amides is 1. The first-order valence-electron chi connectivity index (χ1n) is 5.15. The highest BCUT2D eigenvalue weighted by Gasteiger charge is 2.12. The lowest BCUT2D eigenvalue weighted by molar-refractivity contribution is -0.122. The van der Waals surface area contributed by atoms with Crippen molar-refractivity contribution < 1.29 is 4.79 Å². The molecule has 1 aromatic carbocycles. The Balaban J connectivity index is 2.58. The van der Waals surface area contributed by atoms with Gasteiger partial charge in [0.15, 0.2) is 0 Å². The molecule has 5 N–H and O–H groups in total. The van der Waals surface area contributed by atoms with E-state index in [1.807, 2.05) is 29.7 Å². The molecular weight excluding hydrogens is 222 g/mol. The van der Waals surface area contributed by atoms with Gasteiger partial charge in [-0.05, 0) is 29.9 Å². The standard InChI is InChI=1S/C11H17N3OS/c1-2-16-9-5-3-8(4-6-9)7-10(12)11(15)14-13/h3-6,10H,2,7,12-13H2,1H3,(H,14,15). The summed E-state index contributed by atoms with van der Waals surface area (Å²) < 4.78 is 0. The fourth-order valence-corrected chi connectivity index (χ4v) is 2.00. The second-order valence-electron chi connectivity index (χ2n) is 3.40. The van der Waals surface area contributed by atoms with Gasteiger partial charge in [-0.15, -0.1) is 11.8 Å². The zero-order valence-electron chi connectivity index (χ0n) is 9.27. The number of nitrogens with one attached hydrogen (secondary N) is 1. The summed E-state index contributed by atoms with van der Waals surface area (Å²) in [6.45, 7) is 2.11. The highest BCUT2D eigenvalue weighted by Crippen LogP contribution is 2.18. The van der Waals surface area contributed by atoms with Gasteiger partial charge in [0.1, 0.15) is 0 Å². The Bertz CT molecular complexity index is 340. The van der Waals surface area contributed by atoms with E-state index in [0.29, 0.717) is 6.42 Å². The third-order valence-electron chi connectivity index (χ3n) is 2.17. The number of nitrogens with two attached hydrogens (primary N) is 2. The van der Waals surface area contributed by atoms with Crippen LogP contribution in [0.1, 0.15) is 12.5 Å². The lowest BCUT2D eigenvalue weighted by Crippen LogP contribution is -2.45. The maximum absolute atomic E-state index is 11.1. The number of carbonyl (C=O) groups is 1. The molecule has 1 unspecified atom stereocenters. The molecule has 1 rings (SSSR count). The van der Waals surface area contributed by atoms with Crippen LogP contribution in [0.2, 0.25) is 0 Å². The second-order valence-corrected chi connectivity index (χ2v) is 4.73. The molecule has 0 radical (unpaired) electrons. The van der Waals surface area contributed by atoms with Crippen LogP contribution in [0.5, 0.6) is 0 Å². The zero-order chi connectivity index (χ0) is 12.0. The van der Waals surface area contributed by atoms with Crippen molar-refractivity contribution in [2.75, 3.05) is 5.75 Å². The molecule has 16 heavy (non-hydrogen) atoms. The van der Waals surface area contributed by atoms with Gasteiger partial charge in [0.05, 0.1) is 6.04 Å². The van der Waals surface area contributed by atoms with Crippen molar-refractivity contribution in [2.45, 2.75) is 24.3 Å². The fourth-order valence-electron chi connectivity index (χ4n) is 1.34. The summed E-state index contributed by atoms with van der Waals surface area (Å²) in [6.07, 6.45) is 0.500. The van der Waals surface area contributed by atoms with Gasteiger partial charge in [0.25, 0.3) is 5.91 Å². The molecule has 1 amide bonds. The molecule has 1 aromatic rings. The van der Waals surface area contributed by atoms with Crippen LogP contribution in [-0.4, -0.2) is 17.7 Å². The minimum atomic E-state index is -0.588. The van der Waals surface area contributed by atoms with Crippen molar-refractivity contribution in [2.24, 2.45) is 11.6 Å². The molecular formula is C11H17N3OS. The number of thioether (sulfide) groups is 1. The van der Waals surface area contributed by atoms with E-state index >= 15 is 0 Å². The van der Waals surface area contributed by atoms with Crippen LogP contribution in [0, 0.1) is 0 Å². The van der Waals surface area contributed by atoms with Crippen molar-refractivity contribution in [1.82, 2.24) is 5.43 Å². The van der Waals surface area contributed by atoms with Gasteiger partial charge in [0, 0.05) is 4.90 Å². The highest BCUT2D eigenvalue weighted by molar-refractivity contribution is 7.99. The molecule has 0 aliphatic carbocycles. The van der Waals surface area contributed by atoms with E-state index in [-0.39, 0.29) is 5.91 Å². The highest BCUT2D eigenvalue weighted by atomic mass is 32.2. The topological polar surface area (TPSA) is 81.1 Å². The van der Waals surface area contributed by atoms with Gasteiger partial charge in [-0.25, -0.2) is 5.84 Å². The molecule has 1 atom stereocenters. The summed E-state index contributed by atoms with van der Waals surface area (Å²) in [5, 5.41) is 0. The first kappa shape index (κ1) is 13.0. The second kappa shape index (κ2) is 6.52. The minimum absolute atomic E-state index is 0.341. The van der Waals surface area contributed by atoms with Crippen LogP contribution < -0.4 is 17.0 Å². The summed E-state index contributed by atoms with van der Waals surface area (Å²) in [4.78, 5) is 12.3. The van der Waals surface area contributed by atoms with Crippen molar-refractivity contribution in [3.8, 4) is 0 Å². The maximum atomic E-state index is 11.1. The molecule has 0 spiro atoms. The number of hydrogen-bond donors (Lipinski definition) is 3. The lowest BCUT2D eigenvalue weighted by Gasteiger charge is -2.09. The average Bonchev–Trinajstić information content (AvgIpc) is 2.31. The van der Waals surface area contributed by atoms with E-state index in [2.05, 4.69) is 6.92 Å².